The van der Waals surface area contributed by atoms with Crippen LogP contribution in [0.25, 0.3) is 11.0 Å². The smallest absolute Gasteiger partial charge is 0.302 e. The number of ether oxygens (including phenoxy) is 1. The van der Waals surface area contributed by atoms with Crippen LogP contribution >= 0.6 is 24.0 Å². The third kappa shape index (κ3) is 4.12. The van der Waals surface area contributed by atoms with Gasteiger partial charge in [0.25, 0.3) is 0 Å². The molecule has 0 saturated carbocycles. The maximum atomic E-state index is 10.7. The van der Waals surface area contributed by atoms with Crippen LogP contribution in [0.2, 0.25) is 0 Å². The number of aryl methyl sites for hydroxylation is 1. The Morgan fingerprint density at radius 2 is 2.10 bits per heavy atom. The van der Waals surface area contributed by atoms with Gasteiger partial charge in [-0.05, 0) is 25.0 Å². The molecule has 2 aromatic rings. The molecule has 1 aromatic carbocycles. The molecule has 1 aromatic heterocycles. The number of esters is 1. The lowest BCUT2D eigenvalue weighted by atomic mass is 10.3. The van der Waals surface area contributed by atoms with Crippen molar-refractivity contribution in [3.8, 4) is 0 Å². The number of fused-ring (bicyclic) bond motifs is 1. The molecule has 0 N–H and O–H groups in total. The van der Waals surface area contributed by atoms with E-state index in [0.29, 0.717) is 12.5 Å². The second-order valence-corrected chi connectivity index (χ2v) is 4.62. The quantitative estimate of drug-likeness (QED) is 0.465. The highest BCUT2D eigenvalue weighted by Gasteiger charge is 2.08. The van der Waals surface area contributed by atoms with Gasteiger partial charge in [0, 0.05) is 13.5 Å². The van der Waals surface area contributed by atoms with Gasteiger partial charge < -0.3 is 9.30 Å². The molecule has 2 rings (SSSR count). The van der Waals surface area contributed by atoms with Crippen molar-refractivity contribution in [3.05, 3.63) is 30.1 Å². The van der Waals surface area contributed by atoms with Gasteiger partial charge in [-0.1, -0.05) is 12.1 Å². The minimum atomic E-state index is -0.227. The highest BCUT2D eigenvalue weighted by Crippen LogP contribution is 2.18. The highest BCUT2D eigenvalue weighted by atomic mass is 35.5. The molecule has 0 bridgehead atoms. The zero-order valence-corrected chi connectivity index (χ0v) is 12.9. The van der Waals surface area contributed by atoms with Crippen LogP contribution in [0.4, 0.5) is 0 Å². The standard InChI is InChI=1S/C14H17ClN2O2.ClH/c1-11(18)19-9-5-4-8-17-13-7-3-2-6-12(13)16-14(17)10-15;/h2-3,6-7H,4-5,8-10H2,1H3;1H. The van der Waals surface area contributed by atoms with Crippen LogP contribution in [-0.2, 0) is 22.0 Å². The summed E-state index contributed by atoms with van der Waals surface area (Å²) in [6.07, 6.45) is 1.77. The largest absolute Gasteiger partial charge is 0.466 e. The molecule has 4 nitrogen and oxygen atoms in total. The van der Waals surface area contributed by atoms with Crippen molar-refractivity contribution in [1.82, 2.24) is 9.55 Å². The van der Waals surface area contributed by atoms with Gasteiger partial charge in [-0.2, -0.15) is 0 Å². The van der Waals surface area contributed by atoms with Crippen molar-refractivity contribution < 1.29 is 9.53 Å². The Hall–Kier alpha value is -1.26. The minimum Gasteiger partial charge on any atom is -0.466 e. The first-order chi connectivity index (χ1) is 9.22. The van der Waals surface area contributed by atoms with E-state index in [2.05, 4.69) is 9.55 Å². The zero-order valence-electron chi connectivity index (χ0n) is 11.3. The molecule has 0 atom stereocenters. The number of carbonyl (C=O) groups excluding carboxylic acids is 1. The summed E-state index contributed by atoms with van der Waals surface area (Å²) in [5.74, 6) is 1.06. The summed E-state index contributed by atoms with van der Waals surface area (Å²) in [5, 5.41) is 0. The molecule has 110 valence electrons. The second-order valence-electron chi connectivity index (χ2n) is 4.35. The van der Waals surface area contributed by atoms with E-state index in [4.69, 9.17) is 16.3 Å². The maximum Gasteiger partial charge on any atom is 0.302 e. The number of aromatic nitrogens is 2. The van der Waals surface area contributed by atoms with Crippen LogP contribution in [-0.4, -0.2) is 22.1 Å². The fraction of sp³-hybridized carbons (Fsp3) is 0.429. The molecule has 0 aliphatic rings. The molecule has 6 heteroatoms. The van der Waals surface area contributed by atoms with Gasteiger partial charge in [0.2, 0.25) is 0 Å². The molecule has 0 spiro atoms. The van der Waals surface area contributed by atoms with Crippen molar-refractivity contribution in [3.63, 3.8) is 0 Å². The predicted octanol–water partition coefficient (Wildman–Crippen LogP) is 3.54. The number of nitrogens with zero attached hydrogens (tertiary/aromatic N) is 2. The van der Waals surface area contributed by atoms with Gasteiger partial charge in [0.1, 0.15) is 5.82 Å². The number of carbonyl (C=O) groups is 1. The minimum absolute atomic E-state index is 0. The molecule has 0 saturated heterocycles. The highest BCUT2D eigenvalue weighted by molar-refractivity contribution is 6.16. The lowest BCUT2D eigenvalue weighted by Crippen LogP contribution is -2.05. The summed E-state index contributed by atoms with van der Waals surface area (Å²) < 4.78 is 7.05. The first-order valence-electron chi connectivity index (χ1n) is 6.36. The fourth-order valence-corrected chi connectivity index (χ4v) is 2.27. The maximum absolute atomic E-state index is 10.7. The number of para-hydroxylation sites is 2. The van der Waals surface area contributed by atoms with E-state index in [9.17, 15) is 4.79 Å². The number of benzene rings is 1. The van der Waals surface area contributed by atoms with E-state index < -0.39 is 0 Å². The van der Waals surface area contributed by atoms with E-state index in [1.807, 2.05) is 24.3 Å². The number of imidazole rings is 1. The molecule has 0 aliphatic carbocycles. The van der Waals surface area contributed by atoms with E-state index in [1.54, 1.807) is 0 Å². The van der Waals surface area contributed by atoms with Gasteiger partial charge in [0.05, 0.1) is 23.5 Å². The first kappa shape index (κ1) is 16.8. The Kier molecular flexibility index (Phi) is 6.82. The van der Waals surface area contributed by atoms with Crippen LogP contribution < -0.4 is 0 Å². The Labute approximate surface area is 129 Å². The van der Waals surface area contributed by atoms with E-state index in [-0.39, 0.29) is 18.4 Å². The van der Waals surface area contributed by atoms with E-state index in [1.165, 1.54) is 6.92 Å². The first-order valence-corrected chi connectivity index (χ1v) is 6.89. The number of hydrogen-bond acceptors (Lipinski definition) is 3. The van der Waals surface area contributed by atoms with Crippen molar-refractivity contribution in [2.24, 2.45) is 0 Å². The molecule has 0 fully saturated rings. The Morgan fingerprint density at radius 1 is 1.35 bits per heavy atom. The van der Waals surface area contributed by atoms with Gasteiger partial charge in [-0.25, -0.2) is 4.98 Å². The van der Waals surface area contributed by atoms with Crippen LogP contribution in [0, 0.1) is 0 Å². The number of halogens is 2. The summed E-state index contributed by atoms with van der Waals surface area (Å²) in [7, 11) is 0. The Bertz CT molecular complexity index is 569. The summed E-state index contributed by atoms with van der Waals surface area (Å²) >= 11 is 5.93. The average molecular weight is 317 g/mol. The molecule has 0 unspecified atom stereocenters. The number of hydrogen-bond donors (Lipinski definition) is 0. The monoisotopic (exact) mass is 316 g/mol. The van der Waals surface area contributed by atoms with Crippen molar-refractivity contribution in [1.29, 1.82) is 0 Å². The average Bonchev–Trinajstić information content (AvgIpc) is 2.76. The summed E-state index contributed by atoms with van der Waals surface area (Å²) in [4.78, 5) is 15.2. The molecule has 0 amide bonds. The molecule has 0 aliphatic heterocycles. The third-order valence-corrected chi connectivity index (χ3v) is 3.17. The SMILES string of the molecule is CC(=O)OCCCCn1c(CCl)nc2ccccc21.Cl. The van der Waals surface area contributed by atoms with Gasteiger partial charge >= 0.3 is 5.97 Å². The van der Waals surface area contributed by atoms with Gasteiger partial charge in [-0.3, -0.25) is 4.79 Å². The second kappa shape index (κ2) is 8.12. The van der Waals surface area contributed by atoms with Crippen LogP contribution in [0.1, 0.15) is 25.6 Å². The summed E-state index contributed by atoms with van der Waals surface area (Å²) in [6, 6.07) is 8.00. The number of unbranched alkanes of at least 4 members (excludes halogenated alkanes) is 1. The number of rotatable bonds is 6. The lowest BCUT2D eigenvalue weighted by Gasteiger charge is -2.07. The van der Waals surface area contributed by atoms with E-state index >= 15 is 0 Å². The Morgan fingerprint density at radius 3 is 2.80 bits per heavy atom. The summed E-state index contributed by atoms with van der Waals surface area (Å²) in [6.45, 7) is 2.73. The number of alkyl halides is 1. The molecular weight excluding hydrogens is 299 g/mol. The molecule has 20 heavy (non-hydrogen) atoms. The molecular formula is C14H18Cl2N2O2. The van der Waals surface area contributed by atoms with Crippen molar-refractivity contribution in [2.75, 3.05) is 6.61 Å². The van der Waals surface area contributed by atoms with Crippen molar-refractivity contribution in [2.45, 2.75) is 32.2 Å². The van der Waals surface area contributed by atoms with Crippen LogP contribution in [0.3, 0.4) is 0 Å². The predicted molar refractivity (Wildman–Crippen MR) is 82.4 cm³/mol. The Balaban J connectivity index is 0.00000200. The molecule has 0 radical (unpaired) electrons. The van der Waals surface area contributed by atoms with Crippen LogP contribution in [0.15, 0.2) is 24.3 Å². The zero-order chi connectivity index (χ0) is 13.7. The molecule has 1 heterocycles. The summed E-state index contributed by atoms with van der Waals surface area (Å²) in [5.41, 5.74) is 2.07. The van der Waals surface area contributed by atoms with Crippen molar-refractivity contribution >= 4 is 41.0 Å². The van der Waals surface area contributed by atoms with E-state index in [0.717, 1.165) is 36.2 Å². The van der Waals surface area contributed by atoms with Crippen LogP contribution in [0.5, 0.6) is 0 Å². The van der Waals surface area contributed by atoms with Gasteiger partial charge in [-0.15, -0.1) is 24.0 Å². The normalized spacial score (nSPS) is 10.3. The third-order valence-electron chi connectivity index (χ3n) is 2.93. The topological polar surface area (TPSA) is 44.1 Å². The van der Waals surface area contributed by atoms with Gasteiger partial charge in [0.15, 0.2) is 0 Å². The lowest BCUT2D eigenvalue weighted by molar-refractivity contribution is -0.141. The fourth-order valence-electron chi connectivity index (χ4n) is 2.06.